The molecule has 0 radical (unpaired) electrons. The summed E-state index contributed by atoms with van der Waals surface area (Å²) in [5.74, 6) is -0.113. The van der Waals surface area contributed by atoms with Crippen molar-refractivity contribution in [2.75, 3.05) is 20.3 Å². The third-order valence-corrected chi connectivity index (χ3v) is 1.83. The fourth-order valence-electron chi connectivity index (χ4n) is 1.25. The first kappa shape index (κ1) is 14.3. The molecule has 0 aliphatic rings. The van der Waals surface area contributed by atoms with E-state index in [0.29, 0.717) is 13.0 Å². The third kappa shape index (κ3) is 8.35. The maximum atomic E-state index is 11.5. The lowest BCUT2D eigenvalue weighted by atomic mass is 10.0. The second-order valence-electron chi connectivity index (χ2n) is 4.40. The van der Waals surface area contributed by atoms with Crippen molar-refractivity contribution in [2.45, 2.75) is 38.3 Å². The van der Waals surface area contributed by atoms with E-state index in [4.69, 9.17) is 15.6 Å². The molecule has 0 aliphatic heterocycles. The van der Waals surface area contributed by atoms with Crippen molar-refractivity contribution >= 4 is 5.91 Å². The minimum absolute atomic E-state index is 0.0281. The Hall–Kier alpha value is -0.650. The van der Waals surface area contributed by atoms with Crippen LogP contribution in [0.25, 0.3) is 0 Å². The summed E-state index contributed by atoms with van der Waals surface area (Å²) in [5.41, 5.74) is 5.21. The lowest BCUT2D eigenvalue weighted by molar-refractivity contribution is -0.123. The van der Waals surface area contributed by atoms with Gasteiger partial charge in [-0.3, -0.25) is 4.79 Å². The minimum Gasteiger partial charge on any atom is -0.396 e. The number of nitrogens with two attached hydrogens (primary N) is 1. The molecule has 0 aliphatic carbocycles. The lowest BCUT2D eigenvalue weighted by Gasteiger charge is -2.21. The zero-order valence-electron chi connectivity index (χ0n) is 9.75. The number of ether oxygens (including phenoxy) is 1. The Kier molecular flexibility index (Phi) is 6.47. The van der Waals surface area contributed by atoms with E-state index < -0.39 is 5.54 Å². The van der Waals surface area contributed by atoms with Gasteiger partial charge in [0, 0.05) is 25.7 Å². The predicted octanol–water partition coefficient (Wildman–Crippen LogP) is -0.373. The van der Waals surface area contributed by atoms with Crippen LogP contribution in [0.4, 0.5) is 0 Å². The van der Waals surface area contributed by atoms with Gasteiger partial charge in [-0.05, 0) is 20.3 Å². The quantitative estimate of drug-likeness (QED) is 0.544. The van der Waals surface area contributed by atoms with Crippen LogP contribution in [0.3, 0.4) is 0 Å². The van der Waals surface area contributed by atoms with Crippen molar-refractivity contribution in [3.8, 4) is 0 Å². The number of hydrogen-bond acceptors (Lipinski definition) is 4. The Morgan fingerprint density at radius 3 is 2.60 bits per heavy atom. The molecule has 0 saturated carbocycles. The van der Waals surface area contributed by atoms with E-state index in [1.807, 2.05) is 0 Å². The predicted molar refractivity (Wildman–Crippen MR) is 58.4 cm³/mol. The maximum Gasteiger partial charge on any atom is 0.222 e. The summed E-state index contributed by atoms with van der Waals surface area (Å²) in [7, 11) is 1.56. The Balaban J connectivity index is 3.99. The molecule has 5 nitrogen and oxygen atoms in total. The van der Waals surface area contributed by atoms with Gasteiger partial charge in [0.2, 0.25) is 5.91 Å². The molecule has 4 N–H and O–H groups in total. The second kappa shape index (κ2) is 6.76. The van der Waals surface area contributed by atoms with E-state index >= 15 is 0 Å². The van der Waals surface area contributed by atoms with Crippen LogP contribution in [0, 0.1) is 0 Å². The number of aliphatic hydroxyl groups excluding tert-OH is 1. The molecule has 0 heterocycles. The van der Waals surface area contributed by atoms with Gasteiger partial charge in [0.05, 0.1) is 12.6 Å². The first-order chi connectivity index (χ1) is 6.89. The Labute approximate surface area is 91.0 Å². The molecule has 5 heteroatoms. The molecule has 0 bridgehead atoms. The SMILES string of the molecule is COCC(CCO)NC(=O)CC(C)(C)N. The van der Waals surface area contributed by atoms with Gasteiger partial charge >= 0.3 is 0 Å². The van der Waals surface area contributed by atoms with Crippen LogP contribution in [-0.4, -0.2) is 42.9 Å². The molecule has 0 fully saturated rings. The molecular formula is C10H22N2O3. The van der Waals surface area contributed by atoms with Crippen molar-refractivity contribution < 1.29 is 14.6 Å². The minimum atomic E-state index is -0.513. The molecule has 0 rings (SSSR count). The zero-order chi connectivity index (χ0) is 11.9. The van der Waals surface area contributed by atoms with Crippen LogP contribution < -0.4 is 11.1 Å². The molecule has 1 atom stereocenters. The number of carbonyl (C=O) groups is 1. The fraction of sp³-hybridized carbons (Fsp3) is 0.900. The number of amides is 1. The first-order valence-corrected chi connectivity index (χ1v) is 5.07. The maximum absolute atomic E-state index is 11.5. The van der Waals surface area contributed by atoms with Crippen LogP contribution in [0.2, 0.25) is 0 Å². The first-order valence-electron chi connectivity index (χ1n) is 5.07. The zero-order valence-corrected chi connectivity index (χ0v) is 9.75. The Morgan fingerprint density at radius 1 is 1.60 bits per heavy atom. The molecule has 0 spiro atoms. The van der Waals surface area contributed by atoms with E-state index in [9.17, 15) is 4.79 Å². The summed E-state index contributed by atoms with van der Waals surface area (Å²) in [5, 5.41) is 11.5. The number of aliphatic hydroxyl groups is 1. The Bertz CT molecular complexity index is 184. The molecule has 1 amide bonds. The fourth-order valence-corrected chi connectivity index (χ4v) is 1.25. The van der Waals surface area contributed by atoms with Crippen molar-refractivity contribution in [2.24, 2.45) is 5.73 Å². The van der Waals surface area contributed by atoms with Crippen molar-refractivity contribution in [1.29, 1.82) is 0 Å². The molecule has 0 saturated heterocycles. The molecule has 90 valence electrons. The summed E-state index contributed by atoms with van der Waals surface area (Å²) < 4.78 is 4.93. The number of rotatable bonds is 7. The number of nitrogens with one attached hydrogen (secondary N) is 1. The number of methoxy groups -OCH3 is 1. The summed E-state index contributed by atoms with van der Waals surface area (Å²) >= 11 is 0. The number of carbonyl (C=O) groups excluding carboxylic acids is 1. The van der Waals surface area contributed by atoms with Crippen molar-refractivity contribution in [3.05, 3.63) is 0 Å². The van der Waals surface area contributed by atoms with E-state index in [1.54, 1.807) is 21.0 Å². The third-order valence-electron chi connectivity index (χ3n) is 1.83. The van der Waals surface area contributed by atoms with Gasteiger partial charge in [-0.1, -0.05) is 0 Å². The molecule has 15 heavy (non-hydrogen) atoms. The van der Waals surface area contributed by atoms with Gasteiger partial charge in [-0.15, -0.1) is 0 Å². The van der Waals surface area contributed by atoms with Gasteiger partial charge in [0.15, 0.2) is 0 Å². The average molecular weight is 218 g/mol. The van der Waals surface area contributed by atoms with Crippen LogP contribution in [0.15, 0.2) is 0 Å². The van der Waals surface area contributed by atoms with E-state index in [0.717, 1.165) is 0 Å². The van der Waals surface area contributed by atoms with Crippen molar-refractivity contribution in [3.63, 3.8) is 0 Å². The van der Waals surface area contributed by atoms with Gasteiger partial charge in [0.25, 0.3) is 0 Å². The van der Waals surface area contributed by atoms with Gasteiger partial charge in [-0.2, -0.15) is 0 Å². The summed E-state index contributed by atoms with van der Waals surface area (Å²) in [6.07, 6.45) is 0.753. The van der Waals surface area contributed by atoms with E-state index in [2.05, 4.69) is 5.32 Å². The topological polar surface area (TPSA) is 84.6 Å². The highest BCUT2D eigenvalue weighted by molar-refractivity contribution is 5.77. The highest BCUT2D eigenvalue weighted by atomic mass is 16.5. The molecule has 0 aromatic carbocycles. The molecular weight excluding hydrogens is 196 g/mol. The lowest BCUT2D eigenvalue weighted by Crippen LogP contribution is -2.44. The molecule has 0 aromatic rings. The van der Waals surface area contributed by atoms with Crippen LogP contribution >= 0.6 is 0 Å². The monoisotopic (exact) mass is 218 g/mol. The normalized spacial score (nSPS) is 13.7. The van der Waals surface area contributed by atoms with Crippen LogP contribution in [-0.2, 0) is 9.53 Å². The van der Waals surface area contributed by atoms with Gasteiger partial charge in [0.1, 0.15) is 0 Å². The van der Waals surface area contributed by atoms with Crippen molar-refractivity contribution in [1.82, 2.24) is 5.32 Å². The average Bonchev–Trinajstić information content (AvgIpc) is 2.00. The van der Waals surface area contributed by atoms with Crippen LogP contribution in [0.5, 0.6) is 0 Å². The summed E-state index contributed by atoms with van der Waals surface area (Å²) in [6, 6.07) is -0.144. The Morgan fingerprint density at radius 2 is 2.20 bits per heavy atom. The number of hydrogen-bond donors (Lipinski definition) is 3. The molecule has 0 aromatic heterocycles. The van der Waals surface area contributed by atoms with Gasteiger partial charge < -0.3 is 20.9 Å². The van der Waals surface area contributed by atoms with Gasteiger partial charge in [-0.25, -0.2) is 0 Å². The van der Waals surface area contributed by atoms with E-state index in [1.165, 1.54) is 0 Å². The highest BCUT2D eigenvalue weighted by Gasteiger charge is 2.18. The highest BCUT2D eigenvalue weighted by Crippen LogP contribution is 2.03. The largest absolute Gasteiger partial charge is 0.396 e. The summed E-state index contributed by atoms with van der Waals surface area (Å²) in [4.78, 5) is 11.5. The standard InChI is InChI=1S/C10H22N2O3/c1-10(2,11)6-9(14)12-8(4-5-13)7-15-3/h8,13H,4-7,11H2,1-3H3,(H,12,14). The summed E-state index contributed by atoms with van der Waals surface area (Å²) in [6.45, 7) is 4.02. The van der Waals surface area contributed by atoms with E-state index in [-0.39, 0.29) is 25.0 Å². The second-order valence-corrected chi connectivity index (χ2v) is 4.40. The smallest absolute Gasteiger partial charge is 0.222 e. The van der Waals surface area contributed by atoms with Crippen LogP contribution in [0.1, 0.15) is 26.7 Å². The molecule has 1 unspecified atom stereocenters.